The van der Waals surface area contributed by atoms with Crippen LogP contribution in [0.15, 0.2) is 41.8 Å². The van der Waals surface area contributed by atoms with Gasteiger partial charge in [-0.1, -0.05) is 6.07 Å². The molecule has 2 aromatic rings. The van der Waals surface area contributed by atoms with E-state index in [0.29, 0.717) is 12.5 Å². The first-order valence-corrected chi connectivity index (χ1v) is 9.33. The van der Waals surface area contributed by atoms with E-state index < -0.39 is 0 Å². The van der Waals surface area contributed by atoms with Crippen LogP contribution in [0.2, 0.25) is 0 Å². The molecule has 1 aromatic carbocycles. The molecule has 1 N–H and O–H groups in total. The second-order valence-electron chi connectivity index (χ2n) is 6.11. The summed E-state index contributed by atoms with van der Waals surface area (Å²) in [5.74, 6) is 1.05. The van der Waals surface area contributed by atoms with Crippen molar-refractivity contribution in [1.82, 2.24) is 5.32 Å². The summed E-state index contributed by atoms with van der Waals surface area (Å²) in [6, 6.07) is 12.6. The van der Waals surface area contributed by atoms with Crippen LogP contribution in [0.3, 0.4) is 0 Å². The predicted molar refractivity (Wildman–Crippen MR) is 99.0 cm³/mol. The molecule has 5 heteroatoms. The maximum atomic E-state index is 12.1. The Labute approximate surface area is 147 Å². The Hall–Kier alpha value is -2.01. The minimum Gasteiger partial charge on any atom is -0.497 e. The number of amides is 1. The van der Waals surface area contributed by atoms with Gasteiger partial charge in [0.15, 0.2) is 0 Å². The molecule has 0 unspecified atom stereocenters. The Morgan fingerprint density at radius 3 is 2.62 bits per heavy atom. The van der Waals surface area contributed by atoms with Gasteiger partial charge in [-0.2, -0.15) is 0 Å². The lowest BCUT2D eigenvalue weighted by Gasteiger charge is -2.34. The van der Waals surface area contributed by atoms with Crippen molar-refractivity contribution in [3.8, 4) is 5.75 Å². The molecule has 1 amide bonds. The van der Waals surface area contributed by atoms with Crippen LogP contribution < -0.4 is 15.0 Å². The number of methoxy groups -OCH3 is 1. The van der Waals surface area contributed by atoms with Gasteiger partial charge in [0, 0.05) is 36.1 Å². The lowest BCUT2D eigenvalue weighted by atomic mass is 10.0. The van der Waals surface area contributed by atoms with Gasteiger partial charge in [0.05, 0.1) is 7.11 Å². The fourth-order valence-electron chi connectivity index (χ4n) is 3.07. The lowest BCUT2D eigenvalue weighted by Crippen LogP contribution is -2.44. The van der Waals surface area contributed by atoms with E-state index in [1.165, 1.54) is 10.6 Å². The maximum Gasteiger partial charge on any atom is 0.220 e. The van der Waals surface area contributed by atoms with Gasteiger partial charge in [0.2, 0.25) is 5.91 Å². The van der Waals surface area contributed by atoms with Gasteiger partial charge in [-0.3, -0.25) is 4.79 Å². The maximum absolute atomic E-state index is 12.1. The van der Waals surface area contributed by atoms with E-state index >= 15 is 0 Å². The standard InChI is InChI=1S/C19H24N2O2S/c1-23-17-6-4-16(5-7-17)21-12-10-15(11-13-21)20-19(22)9-8-18-3-2-14-24-18/h2-7,14-15H,8-13H2,1H3,(H,20,22). The summed E-state index contributed by atoms with van der Waals surface area (Å²) in [4.78, 5) is 15.7. The number of hydrogen-bond donors (Lipinski definition) is 1. The van der Waals surface area contributed by atoms with Gasteiger partial charge in [-0.25, -0.2) is 0 Å². The Morgan fingerprint density at radius 1 is 1.25 bits per heavy atom. The van der Waals surface area contributed by atoms with E-state index in [2.05, 4.69) is 33.8 Å². The Morgan fingerprint density at radius 2 is 2.00 bits per heavy atom. The number of nitrogens with zero attached hydrogens (tertiary/aromatic N) is 1. The van der Waals surface area contributed by atoms with E-state index in [9.17, 15) is 4.79 Å². The van der Waals surface area contributed by atoms with Gasteiger partial charge in [0.1, 0.15) is 5.75 Å². The fraction of sp³-hybridized carbons (Fsp3) is 0.421. The number of benzene rings is 1. The first kappa shape index (κ1) is 16.8. The van der Waals surface area contributed by atoms with Crippen molar-refractivity contribution in [2.24, 2.45) is 0 Å². The quantitative estimate of drug-likeness (QED) is 0.872. The number of carbonyl (C=O) groups excluding carboxylic acids is 1. The molecule has 0 atom stereocenters. The molecule has 24 heavy (non-hydrogen) atoms. The Kier molecular flexibility index (Phi) is 5.75. The average Bonchev–Trinajstić information content (AvgIpc) is 3.14. The zero-order valence-corrected chi connectivity index (χ0v) is 14.8. The number of anilines is 1. The molecule has 0 bridgehead atoms. The highest BCUT2D eigenvalue weighted by Gasteiger charge is 2.20. The lowest BCUT2D eigenvalue weighted by molar-refractivity contribution is -0.121. The van der Waals surface area contributed by atoms with Crippen LogP contribution >= 0.6 is 11.3 Å². The Bertz CT molecular complexity index is 632. The monoisotopic (exact) mass is 344 g/mol. The minimum atomic E-state index is 0.172. The molecule has 1 saturated heterocycles. The molecular weight excluding hydrogens is 320 g/mol. The van der Waals surface area contributed by atoms with Crippen LogP contribution in [0, 0.1) is 0 Å². The highest BCUT2D eigenvalue weighted by atomic mass is 32.1. The summed E-state index contributed by atoms with van der Waals surface area (Å²) >= 11 is 1.72. The summed E-state index contributed by atoms with van der Waals surface area (Å²) in [7, 11) is 1.68. The van der Waals surface area contributed by atoms with Crippen molar-refractivity contribution in [2.45, 2.75) is 31.7 Å². The smallest absolute Gasteiger partial charge is 0.220 e. The van der Waals surface area contributed by atoms with Crippen LogP contribution in [0.4, 0.5) is 5.69 Å². The van der Waals surface area contributed by atoms with Crippen molar-refractivity contribution in [3.63, 3.8) is 0 Å². The van der Waals surface area contributed by atoms with Crippen molar-refractivity contribution in [1.29, 1.82) is 0 Å². The minimum absolute atomic E-state index is 0.172. The number of piperidine rings is 1. The van der Waals surface area contributed by atoms with Crippen molar-refractivity contribution >= 4 is 22.9 Å². The number of hydrogen-bond acceptors (Lipinski definition) is 4. The van der Waals surface area contributed by atoms with E-state index in [1.807, 2.05) is 18.2 Å². The van der Waals surface area contributed by atoms with E-state index in [1.54, 1.807) is 18.4 Å². The van der Waals surface area contributed by atoms with Crippen LogP contribution in [0.1, 0.15) is 24.1 Å². The molecule has 0 radical (unpaired) electrons. The van der Waals surface area contributed by atoms with Crippen LogP contribution in [-0.4, -0.2) is 32.1 Å². The van der Waals surface area contributed by atoms with Crippen LogP contribution in [0.5, 0.6) is 5.75 Å². The molecule has 1 aromatic heterocycles. The molecule has 0 spiro atoms. The zero-order valence-electron chi connectivity index (χ0n) is 14.0. The van der Waals surface area contributed by atoms with Crippen LogP contribution in [0.25, 0.3) is 0 Å². The van der Waals surface area contributed by atoms with Gasteiger partial charge in [0.25, 0.3) is 0 Å². The van der Waals surface area contributed by atoms with Crippen LogP contribution in [-0.2, 0) is 11.2 Å². The molecule has 1 fully saturated rings. The average molecular weight is 344 g/mol. The van der Waals surface area contributed by atoms with Crippen molar-refractivity contribution in [2.75, 3.05) is 25.1 Å². The molecule has 4 nitrogen and oxygen atoms in total. The second kappa shape index (κ2) is 8.20. The summed E-state index contributed by atoms with van der Waals surface area (Å²) < 4.78 is 5.20. The number of aryl methyl sites for hydroxylation is 1. The largest absolute Gasteiger partial charge is 0.497 e. The summed E-state index contributed by atoms with van der Waals surface area (Å²) in [6.45, 7) is 1.95. The summed E-state index contributed by atoms with van der Waals surface area (Å²) in [6.07, 6.45) is 3.42. The fourth-order valence-corrected chi connectivity index (χ4v) is 3.78. The third kappa shape index (κ3) is 4.51. The zero-order chi connectivity index (χ0) is 16.8. The van der Waals surface area contributed by atoms with Gasteiger partial charge < -0.3 is 15.0 Å². The number of nitrogens with one attached hydrogen (secondary N) is 1. The highest BCUT2D eigenvalue weighted by Crippen LogP contribution is 2.23. The molecule has 1 aliphatic rings. The van der Waals surface area contributed by atoms with E-state index in [0.717, 1.165) is 38.1 Å². The molecule has 2 heterocycles. The summed E-state index contributed by atoms with van der Waals surface area (Å²) in [5.41, 5.74) is 1.22. The molecule has 3 rings (SSSR count). The van der Waals surface area contributed by atoms with Gasteiger partial charge in [-0.15, -0.1) is 11.3 Å². The van der Waals surface area contributed by atoms with Crippen molar-refractivity contribution in [3.05, 3.63) is 46.7 Å². The van der Waals surface area contributed by atoms with E-state index in [-0.39, 0.29) is 5.91 Å². The van der Waals surface area contributed by atoms with Crippen molar-refractivity contribution < 1.29 is 9.53 Å². The third-order valence-corrected chi connectivity index (χ3v) is 5.41. The van der Waals surface area contributed by atoms with E-state index in [4.69, 9.17) is 4.74 Å². The number of ether oxygens (including phenoxy) is 1. The molecule has 1 aliphatic heterocycles. The predicted octanol–water partition coefficient (Wildman–Crippen LogP) is 3.47. The SMILES string of the molecule is COc1ccc(N2CCC(NC(=O)CCc3cccs3)CC2)cc1. The normalized spacial score (nSPS) is 15.3. The Balaban J connectivity index is 1.42. The molecule has 128 valence electrons. The number of rotatable bonds is 6. The highest BCUT2D eigenvalue weighted by molar-refractivity contribution is 7.09. The first-order chi connectivity index (χ1) is 11.7. The topological polar surface area (TPSA) is 41.6 Å². The van der Waals surface area contributed by atoms with Gasteiger partial charge >= 0.3 is 0 Å². The van der Waals surface area contributed by atoms with Gasteiger partial charge in [-0.05, 0) is 55.0 Å². The molecule has 0 aliphatic carbocycles. The number of carbonyl (C=O) groups is 1. The third-order valence-electron chi connectivity index (χ3n) is 4.48. The second-order valence-corrected chi connectivity index (χ2v) is 7.14. The summed E-state index contributed by atoms with van der Waals surface area (Å²) in [5, 5.41) is 5.25. The first-order valence-electron chi connectivity index (χ1n) is 8.45. The molecular formula is C19H24N2O2S. The molecule has 0 saturated carbocycles. The number of thiophene rings is 1.